The van der Waals surface area contributed by atoms with Crippen molar-refractivity contribution in [3.05, 3.63) is 47.9 Å². The van der Waals surface area contributed by atoms with Gasteiger partial charge in [0.25, 0.3) is 0 Å². The molecule has 1 aromatic carbocycles. The first-order chi connectivity index (χ1) is 12.6. The van der Waals surface area contributed by atoms with E-state index in [4.69, 9.17) is 10.1 Å². The van der Waals surface area contributed by atoms with Crippen LogP contribution in [0.3, 0.4) is 0 Å². The number of aromatic nitrogens is 2. The van der Waals surface area contributed by atoms with Gasteiger partial charge < -0.3 is 30.3 Å². The van der Waals surface area contributed by atoms with E-state index in [2.05, 4.69) is 10.3 Å². The summed E-state index contributed by atoms with van der Waals surface area (Å²) in [5, 5.41) is 41.1. The van der Waals surface area contributed by atoms with Gasteiger partial charge in [0, 0.05) is 6.54 Å². The molecule has 10 heteroatoms. The zero-order chi connectivity index (χ0) is 18.3. The van der Waals surface area contributed by atoms with Gasteiger partial charge in [-0.15, -0.1) is 17.0 Å². The Morgan fingerprint density at radius 3 is 2.63 bits per heavy atom. The van der Waals surface area contributed by atoms with Crippen LogP contribution in [-0.2, 0) is 11.3 Å². The summed E-state index contributed by atoms with van der Waals surface area (Å²) in [6, 6.07) is 9.86. The molecule has 2 aliphatic heterocycles. The lowest BCUT2D eigenvalue weighted by atomic mass is 10.1. The summed E-state index contributed by atoms with van der Waals surface area (Å²) in [6.45, 7) is 0.591. The average Bonchev–Trinajstić information content (AvgIpc) is 3.20. The van der Waals surface area contributed by atoms with Crippen molar-refractivity contribution in [2.75, 3.05) is 18.6 Å². The maximum Gasteiger partial charge on any atom is 0.165 e. The normalized spacial score (nSPS) is 27.1. The number of ether oxygens (including phenoxy) is 1. The number of amidine groups is 1. The van der Waals surface area contributed by atoms with Crippen molar-refractivity contribution in [2.45, 2.75) is 31.1 Å². The molecule has 27 heavy (non-hydrogen) atoms. The zero-order valence-corrected chi connectivity index (χ0v) is 16.1. The minimum Gasteiger partial charge on any atom is -0.394 e. The Kier molecular flexibility index (Phi) is 5.82. The zero-order valence-electron chi connectivity index (χ0n) is 14.4. The molecule has 0 unspecified atom stereocenters. The van der Waals surface area contributed by atoms with E-state index in [0.717, 1.165) is 5.56 Å². The number of benzene rings is 1. The summed E-state index contributed by atoms with van der Waals surface area (Å²) >= 11 is 0. The minimum absolute atomic E-state index is 0. The highest BCUT2D eigenvalue weighted by Gasteiger charge is 2.44. The molecule has 9 nitrogen and oxygen atoms in total. The molecule has 5 N–H and O–H groups in total. The first-order valence-corrected chi connectivity index (χ1v) is 8.41. The Morgan fingerprint density at radius 1 is 1.22 bits per heavy atom. The maximum absolute atomic E-state index is 10.2. The maximum atomic E-state index is 10.2. The molecule has 4 rings (SSSR count). The van der Waals surface area contributed by atoms with E-state index in [-0.39, 0.29) is 29.4 Å². The molecule has 0 saturated carbocycles. The smallest absolute Gasteiger partial charge is 0.165 e. The molecule has 1 fully saturated rings. The van der Waals surface area contributed by atoms with E-state index in [1.807, 2.05) is 35.2 Å². The molecule has 3 heterocycles. The van der Waals surface area contributed by atoms with Gasteiger partial charge in [-0.05, 0) is 5.56 Å². The lowest BCUT2D eigenvalue weighted by molar-refractivity contribution is -0.0519. The van der Waals surface area contributed by atoms with Crippen LogP contribution in [0.2, 0.25) is 0 Å². The van der Waals surface area contributed by atoms with Crippen LogP contribution >= 0.6 is 17.0 Å². The quantitative estimate of drug-likeness (QED) is 0.463. The number of nitrogens with one attached hydrogen (secondary N) is 2. The van der Waals surface area contributed by atoms with Crippen molar-refractivity contribution in [2.24, 2.45) is 0 Å². The molecule has 0 spiro atoms. The fourth-order valence-electron chi connectivity index (χ4n) is 3.35. The van der Waals surface area contributed by atoms with Crippen molar-refractivity contribution in [3.63, 3.8) is 0 Å². The second-order valence-electron chi connectivity index (χ2n) is 6.44. The molecule has 0 radical (unpaired) electrons. The van der Waals surface area contributed by atoms with Crippen molar-refractivity contribution in [3.8, 4) is 0 Å². The van der Waals surface area contributed by atoms with Crippen LogP contribution in [0.25, 0.3) is 0 Å². The minimum atomic E-state index is -1.19. The summed E-state index contributed by atoms with van der Waals surface area (Å²) in [5.41, 5.74) is 1.54. The van der Waals surface area contributed by atoms with Crippen molar-refractivity contribution < 1.29 is 20.1 Å². The molecular weight excluding hydrogens is 418 g/mol. The third-order valence-corrected chi connectivity index (χ3v) is 4.78. The number of rotatable bonds is 4. The Balaban J connectivity index is 0.00000210. The Bertz CT molecular complexity index is 802. The van der Waals surface area contributed by atoms with Crippen LogP contribution in [0.4, 0.5) is 5.82 Å². The highest BCUT2D eigenvalue weighted by Crippen LogP contribution is 2.34. The third kappa shape index (κ3) is 3.46. The highest BCUT2D eigenvalue weighted by molar-refractivity contribution is 8.93. The SMILES string of the molecule is Br.N=C1c2ncn([C@@H]3O[C@H](CO)[C@@H](O)[C@H]3O)c2NCN1Cc1ccccc1. The number of hydrogen-bond acceptors (Lipinski definition) is 7. The van der Waals surface area contributed by atoms with Gasteiger partial charge in [0.15, 0.2) is 12.1 Å². The van der Waals surface area contributed by atoms with E-state index in [1.165, 1.54) is 6.33 Å². The number of anilines is 1. The Labute approximate surface area is 166 Å². The number of imidazole rings is 1. The van der Waals surface area contributed by atoms with Gasteiger partial charge in [-0.1, -0.05) is 30.3 Å². The largest absolute Gasteiger partial charge is 0.394 e. The first kappa shape index (κ1) is 19.8. The molecule has 0 amide bonds. The highest BCUT2D eigenvalue weighted by atomic mass is 79.9. The molecule has 4 atom stereocenters. The Hall–Kier alpha value is -1.98. The second kappa shape index (κ2) is 7.95. The summed E-state index contributed by atoms with van der Waals surface area (Å²) in [5.74, 6) is 0.822. The van der Waals surface area contributed by atoms with Crippen LogP contribution in [0.15, 0.2) is 36.7 Å². The van der Waals surface area contributed by atoms with Gasteiger partial charge in [0.2, 0.25) is 0 Å². The average molecular weight is 440 g/mol. The summed E-state index contributed by atoms with van der Waals surface area (Å²) in [6.07, 6.45) is -2.63. The molecule has 0 aliphatic carbocycles. The van der Waals surface area contributed by atoms with Crippen molar-refractivity contribution in [1.82, 2.24) is 14.5 Å². The molecule has 2 aromatic rings. The van der Waals surface area contributed by atoms with E-state index in [0.29, 0.717) is 24.7 Å². The van der Waals surface area contributed by atoms with Gasteiger partial charge in [-0.3, -0.25) is 9.98 Å². The second-order valence-corrected chi connectivity index (χ2v) is 6.44. The number of hydrogen-bond donors (Lipinski definition) is 5. The number of aliphatic hydroxyl groups is 3. The first-order valence-electron chi connectivity index (χ1n) is 8.41. The molecule has 1 saturated heterocycles. The van der Waals surface area contributed by atoms with Crippen LogP contribution < -0.4 is 5.32 Å². The fraction of sp³-hybridized carbons (Fsp3) is 0.412. The van der Waals surface area contributed by atoms with Gasteiger partial charge in [-0.2, -0.15) is 0 Å². The fourth-order valence-corrected chi connectivity index (χ4v) is 3.35. The number of aliphatic hydroxyl groups excluding tert-OH is 3. The lowest BCUT2D eigenvalue weighted by Crippen LogP contribution is -2.40. The van der Waals surface area contributed by atoms with Crippen LogP contribution in [0.5, 0.6) is 0 Å². The van der Waals surface area contributed by atoms with Gasteiger partial charge in [-0.25, -0.2) is 4.98 Å². The van der Waals surface area contributed by atoms with Crippen LogP contribution in [0, 0.1) is 5.41 Å². The van der Waals surface area contributed by atoms with E-state index < -0.39 is 24.5 Å². The number of fused-ring (bicyclic) bond motifs is 1. The van der Waals surface area contributed by atoms with Gasteiger partial charge in [0.1, 0.15) is 29.8 Å². The van der Waals surface area contributed by atoms with Gasteiger partial charge in [0.05, 0.1) is 19.6 Å². The summed E-state index contributed by atoms with van der Waals surface area (Å²) < 4.78 is 7.11. The summed E-state index contributed by atoms with van der Waals surface area (Å²) in [4.78, 5) is 6.14. The number of nitrogens with zero attached hydrogens (tertiary/aromatic N) is 3. The molecule has 2 aliphatic rings. The molecule has 146 valence electrons. The molecular formula is C17H22BrN5O4. The number of halogens is 1. The predicted molar refractivity (Wildman–Crippen MR) is 103 cm³/mol. The summed E-state index contributed by atoms with van der Waals surface area (Å²) in [7, 11) is 0. The molecule has 0 bridgehead atoms. The van der Waals surface area contributed by atoms with Crippen molar-refractivity contribution >= 4 is 28.6 Å². The topological polar surface area (TPSA) is 127 Å². The van der Waals surface area contributed by atoms with E-state index in [9.17, 15) is 15.3 Å². The van der Waals surface area contributed by atoms with Crippen LogP contribution in [-0.4, -0.2) is 67.2 Å². The lowest BCUT2D eigenvalue weighted by Gasteiger charge is -2.31. The van der Waals surface area contributed by atoms with E-state index >= 15 is 0 Å². The molecule has 1 aromatic heterocycles. The van der Waals surface area contributed by atoms with Crippen molar-refractivity contribution in [1.29, 1.82) is 5.41 Å². The van der Waals surface area contributed by atoms with E-state index in [1.54, 1.807) is 4.57 Å². The predicted octanol–water partition coefficient (Wildman–Crippen LogP) is 0.283. The van der Waals surface area contributed by atoms with Gasteiger partial charge >= 0.3 is 0 Å². The van der Waals surface area contributed by atoms with Crippen LogP contribution in [0.1, 0.15) is 17.5 Å². The standard InChI is InChI=1S/C17H21N5O4.BrH/c18-15-12-16(20-8-21(15)6-10-4-2-1-3-5-10)22(9-19-12)17-14(25)13(24)11(7-23)26-17;/h1-5,9,11,13-14,17-18,20,23-25H,6-8H2;1H/t11-,13-,14-,17-;/m1./s1. The third-order valence-electron chi connectivity index (χ3n) is 4.78. The monoisotopic (exact) mass is 439 g/mol. The Morgan fingerprint density at radius 2 is 1.96 bits per heavy atom.